The van der Waals surface area contributed by atoms with E-state index in [1.54, 1.807) is 72.8 Å². The molecule has 0 fully saturated rings. The first-order valence-corrected chi connectivity index (χ1v) is 26.2. The number of rotatable bonds is 32. The smallest absolute Gasteiger partial charge is 0.311 e. The van der Waals surface area contributed by atoms with Crippen molar-refractivity contribution in [2.24, 2.45) is 0 Å². The average Bonchev–Trinajstić information content (AvgIpc) is 3.33. The second-order valence-electron chi connectivity index (χ2n) is 16.8. The van der Waals surface area contributed by atoms with Crippen LogP contribution in [-0.2, 0) is 9.59 Å². The van der Waals surface area contributed by atoms with Gasteiger partial charge in [-0.15, -0.1) is 0 Å². The third-order valence-corrected chi connectivity index (χ3v) is 13.0. The fraction of sp³-hybridized carbons (Fsp3) is 0.481. The second-order valence-corrected chi connectivity index (χ2v) is 18.9. The molecular formula is C54H70N2O10S2. The topological polar surface area (TPSA) is 173 Å². The van der Waals surface area contributed by atoms with E-state index >= 15 is 0 Å². The predicted molar refractivity (Wildman–Crippen MR) is 273 cm³/mol. The van der Waals surface area contributed by atoms with Crippen LogP contribution in [0, 0.1) is 20.2 Å². The largest absolute Gasteiger partial charge is 0.427 e. The lowest BCUT2D eigenvalue weighted by Crippen LogP contribution is -2.07. The molecule has 0 N–H and O–H groups in total. The van der Waals surface area contributed by atoms with E-state index in [9.17, 15) is 39.4 Å². The van der Waals surface area contributed by atoms with Crippen LogP contribution in [0.5, 0.6) is 11.5 Å². The molecule has 0 aliphatic heterocycles. The Kier molecular flexibility index (Phi) is 29.2. The quantitative estimate of drug-likeness (QED) is 0.0113. The zero-order valence-electron chi connectivity index (χ0n) is 40.0. The van der Waals surface area contributed by atoms with Crippen LogP contribution in [0.4, 0.5) is 11.4 Å². The van der Waals surface area contributed by atoms with Crippen LogP contribution in [0.25, 0.3) is 0 Å². The van der Waals surface area contributed by atoms with E-state index in [1.807, 2.05) is 0 Å². The monoisotopic (exact) mass is 970 g/mol. The first-order chi connectivity index (χ1) is 33.0. The number of nitro groups is 2. The SMILES string of the molecule is CCCCCCCCCCCCC(=O)Oc1ccc(C(=O)Sc2ccc([N+](=O)[O-])cc2)cc1.CCCCCCCCCCCCCCC(=O)Oc1ccc(C(=O)Sc2ccc([N+](=O)[O-])cc2)cc1. The normalized spacial score (nSPS) is 10.7. The predicted octanol–water partition coefficient (Wildman–Crippen LogP) is 16.3. The van der Waals surface area contributed by atoms with Gasteiger partial charge in [0.05, 0.1) is 9.85 Å². The maximum atomic E-state index is 12.4. The highest BCUT2D eigenvalue weighted by Crippen LogP contribution is 2.28. The van der Waals surface area contributed by atoms with Gasteiger partial charge in [0, 0.05) is 58.0 Å². The number of esters is 2. The minimum atomic E-state index is -0.479. The van der Waals surface area contributed by atoms with Gasteiger partial charge in [-0.3, -0.25) is 39.4 Å². The van der Waals surface area contributed by atoms with Crippen LogP contribution >= 0.6 is 23.5 Å². The molecule has 4 rings (SSSR count). The number of nitro benzene ring substituents is 2. The van der Waals surface area contributed by atoms with E-state index in [0.717, 1.165) is 62.0 Å². The summed E-state index contributed by atoms with van der Waals surface area (Å²) >= 11 is 1.98. The summed E-state index contributed by atoms with van der Waals surface area (Å²) in [4.78, 5) is 70.7. The lowest BCUT2D eigenvalue weighted by Gasteiger charge is -2.06. The summed E-state index contributed by atoms with van der Waals surface area (Å²) in [5, 5.41) is 21.1. The van der Waals surface area contributed by atoms with Crippen LogP contribution in [-0.4, -0.2) is 32.0 Å². The highest BCUT2D eigenvalue weighted by Gasteiger charge is 2.14. The van der Waals surface area contributed by atoms with Gasteiger partial charge in [-0.1, -0.05) is 142 Å². The Bertz CT molecular complexity index is 2090. The lowest BCUT2D eigenvalue weighted by molar-refractivity contribution is -0.385. The summed E-state index contributed by atoms with van der Waals surface area (Å²) in [5.41, 5.74) is 0.897. The van der Waals surface area contributed by atoms with Crippen LogP contribution < -0.4 is 9.47 Å². The molecule has 4 aromatic rings. The van der Waals surface area contributed by atoms with E-state index < -0.39 is 9.85 Å². The molecule has 0 bridgehead atoms. The first kappa shape index (κ1) is 57.0. The van der Waals surface area contributed by atoms with Gasteiger partial charge in [0.25, 0.3) is 11.4 Å². The number of carbonyl (C=O) groups is 4. The Balaban J connectivity index is 0.000000361. The van der Waals surface area contributed by atoms with Crippen molar-refractivity contribution in [1.29, 1.82) is 0 Å². The minimum Gasteiger partial charge on any atom is -0.427 e. The van der Waals surface area contributed by atoms with Crippen LogP contribution in [0.1, 0.15) is 189 Å². The summed E-state index contributed by atoms with van der Waals surface area (Å²) in [7, 11) is 0. The van der Waals surface area contributed by atoms with E-state index in [0.29, 0.717) is 45.3 Å². The molecule has 0 heterocycles. The molecule has 0 saturated heterocycles. The van der Waals surface area contributed by atoms with Crippen molar-refractivity contribution < 1.29 is 38.5 Å². The highest BCUT2D eigenvalue weighted by atomic mass is 32.2. The van der Waals surface area contributed by atoms with Crippen LogP contribution in [0.2, 0.25) is 0 Å². The van der Waals surface area contributed by atoms with Gasteiger partial charge >= 0.3 is 11.9 Å². The molecule has 368 valence electrons. The zero-order valence-corrected chi connectivity index (χ0v) is 41.6. The first-order valence-electron chi connectivity index (χ1n) is 24.5. The summed E-state index contributed by atoms with van der Waals surface area (Å²) in [6.45, 7) is 4.47. The Hall–Kier alpha value is -5.34. The van der Waals surface area contributed by atoms with Gasteiger partial charge in [-0.25, -0.2) is 0 Å². The van der Waals surface area contributed by atoms with E-state index in [-0.39, 0.29) is 33.5 Å². The Morgan fingerprint density at radius 3 is 0.926 bits per heavy atom. The molecule has 0 saturated carbocycles. The summed E-state index contributed by atoms with van der Waals surface area (Å²) in [6, 6.07) is 24.6. The van der Waals surface area contributed by atoms with E-state index in [2.05, 4.69) is 13.8 Å². The lowest BCUT2D eigenvalue weighted by atomic mass is 10.0. The molecule has 4 aromatic carbocycles. The summed E-state index contributed by atoms with van der Waals surface area (Å²) in [6.07, 6.45) is 27.9. The third kappa shape index (κ3) is 25.1. The molecule has 0 aromatic heterocycles. The number of benzene rings is 4. The molecule has 0 aliphatic carbocycles. The molecule has 12 nitrogen and oxygen atoms in total. The molecule has 0 unspecified atom stereocenters. The number of carbonyl (C=O) groups excluding carboxylic acids is 4. The van der Waals surface area contributed by atoms with E-state index in [1.165, 1.54) is 127 Å². The Morgan fingerprint density at radius 1 is 0.397 bits per heavy atom. The molecule has 14 heteroatoms. The molecule has 0 atom stereocenters. The van der Waals surface area contributed by atoms with Gasteiger partial charge < -0.3 is 9.47 Å². The number of non-ortho nitro benzene ring substituents is 2. The number of nitrogens with zero attached hydrogens (tertiary/aromatic N) is 2. The maximum Gasteiger partial charge on any atom is 0.311 e. The Morgan fingerprint density at radius 2 is 0.662 bits per heavy atom. The molecule has 0 amide bonds. The molecular weight excluding hydrogens is 901 g/mol. The van der Waals surface area contributed by atoms with Crippen molar-refractivity contribution >= 4 is 57.1 Å². The Labute approximate surface area is 411 Å². The zero-order chi connectivity index (χ0) is 49.2. The summed E-state index contributed by atoms with van der Waals surface area (Å²) < 4.78 is 10.7. The molecule has 68 heavy (non-hydrogen) atoms. The van der Waals surface area contributed by atoms with Gasteiger partial charge in [-0.05, 0) is 109 Å². The van der Waals surface area contributed by atoms with Gasteiger partial charge in [0.1, 0.15) is 11.5 Å². The maximum absolute atomic E-state index is 12.4. The number of thioether (sulfide) groups is 2. The molecule has 0 spiro atoms. The van der Waals surface area contributed by atoms with Crippen molar-refractivity contribution in [3.8, 4) is 11.5 Å². The van der Waals surface area contributed by atoms with Crippen molar-refractivity contribution in [2.75, 3.05) is 0 Å². The third-order valence-electron chi connectivity index (χ3n) is 11.1. The fourth-order valence-electron chi connectivity index (χ4n) is 7.15. The number of hydrogen-bond donors (Lipinski definition) is 0. The van der Waals surface area contributed by atoms with Crippen molar-refractivity contribution in [3.05, 3.63) is 128 Å². The molecule has 0 aliphatic rings. The van der Waals surface area contributed by atoms with Gasteiger partial charge in [0.15, 0.2) is 0 Å². The van der Waals surface area contributed by atoms with Gasteiger partial charge in [0.2, 0.25) is 10.2 Å². The minimum absolute atomic E-state index is 0.0172. The fourth-order valence-corrected chi connectivity index (χ4v) is 8.63. The van der Waals surface area contributed by atoms with Crippen molar-refractivity contribution in [2.45, 2.75) is 178 Å². The standard InChI is InChI=1S/C28H37NO5S.C26H33NO5S/c1-2-3-4-5-6-7-8-9-10-11-12-13-14-27(30)34-25-19-15-23(16-20-25)28(31)35-26-21-17-24(18-22-26)29(32)33;1-2-3-4-5-6-7-8-9-10-11-12-25(28)32-23-17-13-21(14-18-23)26(29)33-24-19-15-22(16-20-24)27(30)31/h15-22H,2-14H2,1H3;13-20H,2-12H2,1H3. The number of ether oxygens (including phenoxy) is 2. The average molecular weight is 971 g/mol. The number of hydrogen-bond acceptors (Lipinski definition) is 12. The van der Waals surface area contributed by atoms with Crippen molar-refractivity contribution in [3.63, 3.8) is 0 Å². The van der Waals surface area contributed by atoms with Crippen LogP contribution in [0.3, 0.4) is 0 Å². The summed E-state index contributed by atoms with van der Waals surface area (Å²) in [5.74, 6) is 0.333. The second kappa shape index (κ2) is 34.9. The van der Waals surface area contributed by atoms with E-state index in [4.69, 9.17) is 9.47 Å². The number of unbranched alkanes of at least 4 members (excludes halogenated alkanes) is 20. The van der Waals surface area contributed by atoms with Crippen LogP contribution in [0.15, 0.2) is 107 Å². The highest BCUT2D eigenvalue weighted by molar-refractivity contribution is 8.14. The molecule has 0 radical (unpaired) electrons. The van der Waals surface area contributed by atoms with Gasteiger partial charge in [-0.2, -0.15) is 0 Å². The van der Waals surface area contributed by atoms with Crippen molar-refractivity contribution in [1.82, 2.24) is 0 Å².